The lowest BCUT2D eigenvalue weighted by atomic mass is 10.1. The highest BCUT2D eigenvalue weighted by Crippen LogP contribution is 2.25. The number of unbranched alkanes of at least 4 members (excludes halogenated alkanes) is 2. The number of hydrogen-bond donors (Lipinski definition) is 1. The van der Waals surface area contributed by atoms with Crippen LogP contribution >= 0.6 is 0 Å². The summed E-state index contributed by atoms with van der Waals surface area (Å²) in [5, 5.41) is 3.39. The largest absolute Gasteiger partial charge is 0.370 e. The quantitative estimate of drug-likeness (QED) is 0.661. The van der Waals surface area contributed by atoms with Crippen LogP contribution in [0.25, 0.3) is 0 Å². The lowest BCUT2D eigenvalue weighted by molar-refractivity contribution is 0.666. The average Bonchev–Trinajstić information content (AvgIpc) is 2.50. The van der Waals surface area contributed by atoms with Crippen molar-refractivity contribution in [3.63, 3.8) is 0 Å². The Morgan fingerprint density at radius 1 is 0.952 bits per heavy atom. The molecule has 0 saturated heterocycles. The second-order valence-corrected chi connectivity index (χ2v) is 5.50. The van der Waals surface area contributed by atoms with Crippen molar-refractivity contribution in [2.45, 2.75) is 66.2 Å². The summed E-state index contributed by atoms with van der Waals surface area (Å²) in [6, 6.07) is 0. The Hall–Kier alpha value is -1.32. The third kappa shape index (κ3) is 5.52. The van der Waals surface area contributed by atoms with Crippen LogP contribution in [0.2, 0.25) is 0 Å². The molecule has 0 aliphatic rings. The minimum atomic E-state index is 0.900. The van der Waals surface area contributed by atoms with Crippen molar-refractivity contribution in [1.29, 1.82) is 0 Å². The molecular formula is C17H32N4. The molecule has 1 heterocycles. The first kappa shape index (κ1) is 17.7. The van der Waals surface area contributed by atoms with Gasteiger partial charge < -0.3 is 10.2 Å². The average molecular weight is 292 g/mol. The number of hydrogen-bond acceptors (Lipinski definition) is 4. The fourth-order valence-corrected chi connectivity index (χ4v) is 2.50. The zero-order chi connectivity index (χ0) is 15.5. The maximum atomic E-state index is 4.62. The Labute approximate surface area is 130 Å². The molecule has 0 aromatic carbocycles. The van der Waals surface area contributed by atoms with Gasteiger partial charge in [0, 0.05) is 25.2 Å². The van der Waals surface area contributed by atoms with E-state index >= 15 is 0 Å². The van der Waals surface area contributed by atoms with E-state index in [-0.39, 0.29) is 0 Å². The molecule has 1 aromatic rings. The maximum absolute atomic E-state index is 4.62. The SMILES string of the molecule is CCCCN(CCCC)c1ncnc(NCC)c1CCC. The summed E-state index contributed by atoms with van der Waals surface area (Å²) < 4.78 is 0. The number of rotatable bonds is 11. The Balaban J connectivity index is 3.05. The molecule has 120 valence electrons. The van der Waals surface area contributed by atoms with E-state index in [0.29, 0.717) is 0 Å². The first-order valence-corrected chi connectivity index (χ1v) is 8.61. The first-order valence-electron chi connectivity index (χ1n) is 8.61. The zero-order valence-corrected chi connectivity index (χ0v) is 14.3. The molecule has 21 heavy (non-hydrogen) atoms. The Morgan fingerprint density at radius 3 is 2.14 bits per heavy atom. The van der Waals surface area contributed by atoms with Gasteiger partial charge in [-0.3, -0.25) is 0 Å². The molecule has 0 unspecified atom stereocenters. The molecule has 4 heteroatoms. The molecule has 0 saturated carbocycles. The third-order valence-corrected chi connectivity index (χ3v) is 3.63. The molecule has 1 rings (SSSR count). The highest BCUT2D eigenvalue weighted by atomic mass is 15.2. The monoisotopic (exact) mass is 292 g/mol. The van der Waals surface area contributed by atoms with Crippen molar-refractivity contribution in [3.8, 4) is 0 Å². The normalized spacial score (nSPS) is 10.7. The van der Waals surface area contributed by atoms with Gasteiger partial charge in [0.15, 0.2) is 0 Å². The van der Waals surface area contributed by atoms with Crippen molar-refractivity contribution < 1.29 is 0 Å². The Bertz CT molecular complexity index is 384. The number of aromatic nitrogens is 2. The minimum Gasteiger partial charge on any atom is -0.370 e. The van der Waals surface area contributed by atoms with Gasteiger partial charge >= 0.3 is 0 Å². The van der Waals surface area contributed by atoms with E-state index in [1.165, 1.54) is 31.2 Å². The molecule has 0 aliphatic carbocycles. The minimum absolute atomic E-state index is 0.900. The summed E-state index contributed by atoms with van der Waals surface area (Å²) in [6.45, 7) is 11.9. The van der Waals surface area contributed by atoms with E-state index in [9.17, 15) is 0 Å². The van der Waals surface area contributed by atoms with Crippen LogP contribution in [0.5, 0.6) is 0 Å². The van der Waals surface area contributed by atoms with Gasteiger partial charge in [0.25, 0.3) is 0 Å². The third-order valence-electron chi connectivity index (χ3n) is 3.63. The summed E-state index contributed by atoms with van der Waals surface area (Å²) in [6.07, 6.45) is 8.73. The van der Waals surface area contributed by atoms with Crippen LogP contribution in [-0.4, -0.2) is 29.6 Å². The predicted molar refractivity (Wildman–Crippen MR) is 92.2 cm³/mol. The van der Waals surface area contributed by atoms with E-state index in [1.807, 2.05) is 0 Å². The van der Waals surface area contributed by atoms with Crippen LogP contribution in [0, 0.1) is 0 Å². The van der Waals surface area contributed by atoms with Gasteiger partial charge in [0.2, 0.25) is 0 Å². The second kappa shape index (κ2) is 10.4. The maximum Gasteiger partial charge on any atom is 0.137 e. The summed E-state index contributed by atoms with van der Waals surface area (Å²) in [7, 11) is 0. The van der Waals surface area contributed by atoms with Crippen LogP contribution in [-0.2, 0) is 6.42 Å². The molecule has 0 aliphatic heterocycles. The number of nitrogens with one attached hydrogen (secondary N) is 1. The Morgan fingerprint density at radius 2 is 1.62 bits per heavy atom. The predicted octanol–water partition coefficient (Wildman–Crippen LogP) is 4.27. The molecular weight excluding hydrogens is 260 g/mol. The van der Waals surface area contributed by atoms with Crippen LogP contribution in [0.3, 0.4) is 0 Å². The molecule has 0 radical (unpaired) electrons. The molecule has 0 bridgehead atoms. The van der Waals surface area contributed by atoms with Crippen LogP contribution in [0.1, 0.15) is 65.4 Å². The van der Waals surface area contributed by atoms with Gasteiger partial charge in [-0.15, -0.1) is 0 Å². The lowest BCUT2D eigenvalue weighted by Crippen LogP contribution is -2.28. The van der Waals surface area contributed by atoms with E-state index in [4.69, 9.17) is 0 Å². The highest BCUT2D eigenvalue weighted by Gasteiger charge is 2.16. The number of nitrogens with zero attached hydrogens (tertiary/aromatic N) is 3. The smallest absolute Gasteiger partial charge is 0.137 e. The topological polar surface area (TPSA) is 41.1 Å². The van der Waals surface area contributed by atoms with Gasteiger partial charge in [0.1, 0.15) is 18.0 Å². The van der Waals surface area contributed by atoms with Crippen molar-refractivity contribution in [3.05, 3.63) is 11.9 Å². The summed E-state index contributed by atoms with van der Waals surface area (Å²) in [4.78, 5) is 11.5. The fraction of sp³-hybridized carbons (Fsp3) is 0.765. The van der Waals surface area contributed by atoms with Gasteiger partial charge in [-0.1, -0.05) is 40.0 Å². The fourth-order valence-electron chi connectivity index (χ4n) is 2.50. The molecule has 1 N–H and O–H groups in total. The molecule has 0 amide bonds. The standard InChI is InChI=1S/C17H32N4/c1-5-9-12-21(13-10-6-2)17-15(11-7-3)16(18-8-4)19-14-20-17/h14H,5-13H2,1-4H3,(H,18,19,20). The van der Waals surface area contributed by atoms with Crippen molar-refractivity contribution >= 4 is 11.6 Å². The van der Waals surface area contributed by atoms with Crippen LogP contribution in [0.15, 0.2) is 6.33 Å². The van der Waals surface area contributed by atoms with E-state index in [2.05, 4.69) is 47.9 Å². The van der Waals surface area contributed by atoms with Crippen molar-refractivity contribution in [2.24, 2.45) is 0 Å². The second-order valence-electron chi connectivity index (χ2n) is 5.50. The zero-order valence-electron chi connectivity index (χ0n) is 14.3. The van der Waals surface area contributed by atoms with Crippen LogP contribution < -0.4 is 10.2 Å². The summed E-state index contributed by atoms with van der Waals surface area (Å²) in [5.74, 6) is 2.16. The molecule has 1 aromatic heterocycles. The van der Waals surface area contributed by atoms with Crippen LogP contribution in [0.4, 0.5) is 11.6 Å². The molecule has 0 spiro atoms. The van der Waals surface area contributed by atoms with E-state index in [1.54, 1.807) is 6.33 Å². The number of anilines is 2. The van der Waals surface area contributed by atoms with Crippen molar-refractivity contribution in [2.75, 3.05) is 29.9 Å². The van der Waals surface area contributed by atoms with E-state index in [0.717, 1.165) is 44.1 Å². The van der Waals surface area contributed by atoms with Gasteiger partial charge in [-0.25, -0.2) is 9.97 Å². The first-order chi connectivity index (χ1) is 10.3. The van der Waals surface area contributed by atoms with Gasteiger partial charge in [-0.2, -0.15) is 0 Å². The molecule has 0 atom stereocenters. The lowest BCUT2D eigenvalue weighted by Gasteiger charge is -2.26. The summed E-state index contributed by atoms with van der Waals surface area (Å²) >= 11 is 0. The van der Waals surface area contributed by atoms with E-state index < -0.39 is 0 Å². The highest BCUT2D eigenvalue weighted by molar-refractivity contribution is 5.58. The molecule has 4 nitrogen and oxygen atoms in total. The summed E-state index contributed by atoms with van der Waals surface area (Å²) in [5.41, 5.74) is 1.29. The van der Waals surface area contributed by atoms with Gasteiger partial charge in [0.05, 0.1) is 0 Å². The van der Waals surface area contributed by atoms with Gasteiger partial charge in [-0.05, 0) is 26.2 Å². The van der Waals surface area contributed by atoms with Crippen molar-refractivity contribution in [1.82, 2.24) is 9.97 Å². The molecule has 0 fully saturated rings. The Kier molecular flexibility index (Phi) is 8.79.